The van der Waals surface area contributed by atoms with E-state index in [1.165, 1.54) is 12.8 Å². The molecule has 0 aromatic carbocycles. The highest BCUT2D eigenvalue weighted by Gasteiger charge is 2.29. The summed E-state index contributed by atoms with van der Waals surface area (Å²) < 4.78 is 0. The third kappa shape index (κ3) is 1.09. The van der Waals surface area contributed by atoms with Crippen molar-refractivity contribution in [1.29, 1.82) is 0 Å². The Labute approximate surface area is 64.0 Å². The molecule has 0 aliphatic heterocycles. The summed E-state index contributed by atoms with van der Waals surface area (Å²) >= 11 is 0. The molecular formula is C10H18. The Balaban J connectivity index is 2.07. The van der Waals surface area contributed by atoms with E-state index in [0.717, 1.165) is 17.8 Å². The molecule has 0 N–H and O–H groups in total. The molecular weight excluding hydrogens is 120 g/mol. The Morgan fingerprint density at radius 3 is 2.10 bits per heavy atom. The van der Waals surface area contributed by atoms with Crippen LogP contribution in [0.5, 0.6) is 0 Å². The molecule has 3 aliphatic carbocycles. The van der Waals surface area contributed by atoms with Crippen molar-refractivity contribution < 1.29 is 0 Å². The molecule has 3 rings (SSSR count). The van der Waals surface area contributed by atoms with Crippen LogP contribution in [-0.4, -0.2) is 0 Å². The van der Waals surface area contributed by atoms with Gasteiger partial charge in [-0.3, -0.25) is 0 Å². The number of fused-ring (bicyclic) bond motifs is 4. The molecule has 10 heavy (non-hydrogen) atoms. The Kier molecular flexibility index (Phi) is 1.71. The van der Waals surface area contributed by atoms with E-state index in [0.29, 0.717) is 0 Å². The minimum Gasteiger partial charge on any atom is -0.0622 e. The second kappa shape index (κ2) is 2.56. The molecule has 0 spiro atoms. The first-order valence-corrected chi connectivity index (χ1v) is 4.86. The summed E-state index contributed by atoms with van der Waals surface area (Å²) in [5.74, 6) is 3.28. The van der Waals surface area contributed by atoms with Gasteiger partial charge in [0.15, 0.2) is 0 Å². The van der Waals surface area contributed by atoms with Gasteiger partial charge < -0.3 is 0 Å². The zero-order chi connectivity index (χ0) is 6.97. The smallest absolute Gasteiger partial charge is 0.0388 e. The molecule has 0 aromatic heterocycles. The van der Waals surface area contributed by atoms with Gasteiger partial charge in [0.1, 0.15) is 0 Å². The van der Waals surface area contributed by atoms with Crippen LogP contribution in [-0.2, 0) is 0 Å². The van der Waals surface area contributed by atoms with Crippen LogP contribution in [0.2, 0.25) is 0 Å². The van der Waals surface area contributed by atoms with E-state index in [1.54, 1.807) is 25.7 Å². The Morgan fingerprint density at radius 1 is 0.800 bits per heavy atom. The highest BCUT2D eigenvalue weighted by atomic mass is 14.3. The molecule has 0 radical (unpaired) electrons. The lowest BCUT2D eigenvalue weighted by atomic mass is 9.81. The van der Waals surface area contributed by atoms with Crippen LogP contribution in [0.1, 0.15) is 45.4 Å². The van der Waals surface area contributed by atoms with Gasteiger partial charge in [-0.05, 0) is 30.6 Å². The fraction of sp³-hybridized carbons (Fsp3) is 1.00. The Hall–Kier alpha value is 0. The fourth-order valence-corrected chi connectivity index (χ4v) is 2.78. The third-order valence-corrected chi connectivity index (χ3v) is 3.73. The summed E-state index contributed by atoms with van der Waals surface area (Å²) in [6, 6.07) is 0. The van der Waals surface area contributed by atoms with Gasteiger partial charge in [-0.2, -0.15) is 0 Å². The highest BCUT2D eigenvalue weighted by molar-refractivity contribution is 4.80. The van der Waals surface area contributed by atoms with Gasteiger partial charge in [0.25, 0.3) is 0 Å². The van der Waals surface area contributed by atoms with Gasteiger partial charge in [0.05, 0.1) is 0 Å². The van der Waals surface area contributed by atoms with Crippen molar-refractivity contribution in [3.8, 4) is 0 Å². The quantitative estimate of drug-likeness (QED) is 0.482. The molecule has 0 saturated heterocycles. The second-order valence-electron chi connectivity index (χ2n) is 4.34. The van der Waals surface area contributed by atoms with Gasteiger partial charge >= 0.3 is 0 Å². The fourth-order valence-electron chi connectivity index (χ4n) is 2.78. The second-order valence-corrected chi connectivity index (χ2v) is 4.34. The van der Waals surface area contributed by atoms with Crippen molar-refractivity contribution in [3.63, 3.8) is 0 Å². The molecule has 1 atom stereocenters. The predicted molar refractivity (Wildman–Crippen MR) is 43.8 cm³/mol. The monoisotopic (exact) mass is 138 g/mol. The molecule has 3 saturated carbocycles. The first-order valence-electron chi connectivity index (χ1n) is 4.86. The van der Waals surface area contributed by atoms with Gasteiger partial charge in [-0.15, -0.1) is 0 Å². The third-order valence-electron chi connectivity index (χ3n) is 3.73. The topological polar surface area (TPSA) is 0 Å². The molecule has 3 aliphatic rings. The number of rotatable bonds is 0. The van der Waals surface area contributed by atoms with Crippen LogP contribution >= 0.6 is 0 Å². The average Bonchev–Trinajstić information content (AvgIpc) is 2.24. The Bertz CT molecular complexity index is 109. The predicted octanol–water partition coefficient (Wildman–Crippen LogP) is 3.22. The van der Waals surface area contributed by atoms with Crippen molar-refractivity contribution in [2.75, 3.05) is 0 Å². The van der Waals surface area contributed by atoms with Crippen LogP contribution < -0.4 is 0 Å². The van der Waals surface area contributed by atoms with Gasteiger partial charge in [0, 0.05) is 0 Å². The van der Waals surface area contributed by atoms with Crippen molar-refractivity contribution >= 4 is 0 Å². The highest BCUT2D eigenvalue weighted by Crippen LogP contribution is 2.41. The lowest BCUT2D eigenvalue weighted by molar-refractivity contribution is 0.268. The van der Waals surface area contributed by atoms with Crippen LogP contribution in [0.15, 0.2) is 0 Å². The van der Waals surface area contributed by atoms with E-state index in [9.17, 15) is 0 Å². The standard InChI is InChI=1S/C10H18/c1-8-2-3-9-4-6-10(8)7-5-9/h8-10H,2-7H2,1H3/t8-,9?,10?/m1/s1. The van der Waals surface area contributed by atoms with E-state index in [-0.39, 0.29) is 0 Å². The maximum atomic E-state index is 2.46. The molecule has 0 heterocycles. The average molecular weight is 138 g/mol. The summed E-state index contributed by atoms with van der Waals surface area (Å²) in [6.45, 7) is 2.46. The summed E-state index contributed by atoms with van der Waals surface area (Å²) in [4.78, 5) is 0. The van der Waals surface area contributed by atoms with Crippen molar-refractivity contribution in [2.45, 2.75) is 45.4 Å². The van der Waals surface area contributed by atoms with Crippen LogP contribution in [0.25, 0.3) is 0 Å². The summed E-state index contributed by atoms with van der Waals surface area (Å²) in [5, 5.41) is 0. The first kappa shape index (κ1) is 6.69. The van der Waals surface area contributed by atoms with E-state index in [4.69, 9.17) is 0 Å². The van der Waals surface area contributed by atoms with E-state index in [1.807, 2.05) is 0 Å². The number of hydrogen-bond donors (Lipinski definition) is 0. The summed E-state index contributed by atoms with van der Waals surface area (Å²) in [7, 11) is 0. The lowest BCUT2D eigenvalue weighted by Gasteiger charge is -2.25. The molecule has 0 nitrogen and oxygen atoms in total. The lowest BCUT2D eigenvalue weighted by Crippen LogP contribution is -2.13. The van der Waals surface area contributed by atoms with Gasteiger partial charge in [-0.25, -0.2) is 0 Å². The Morgan fingerprint density at radius 2 is 1.40 bits per heavy atom. The minimum absolute atomic E-state index is 1.05. The summed E-state index contributed by atoms with van der Waals surface area (Å²) in [5.41, 5.74) is 0. The van der Waals surface area contributed by atoms with E-state index in [2.05, 4.69) is 6.92 Å². The summed E-state index contributed by atoms with van der Waals surface area (Å²) in [6.07, 6.45) is 9.26. The van der Waals surface area contributed by atoms with E-state index >= 15 is 0 Å². The zero-order valence-electron chi connectivity index (χ0n) is 6.97. The van der Waals surface area contributed by atoms with Crippen LogP contribution in [0.3, 0.4) is 0 Å². The first-order chi connectivity index (χ1) is 4.86. The SMILES string of the molecule is C[C@@H]1CCC2CCC1CC2. The molecule has 58 valence electrons. The molecule has 0 aromatic rings. The normalized spacial score (nSPS) is 47.1. The van der Waals surface area contributed by atoms with E-state index < -0.39 is 0 Å². The van der Waals surface area contributed by atoms with Crippen molar-refractivity contribution in [2.24, 2.45) is 17.8 Å². The molecule has 0 unspecified atom stereocenters. The molecule has 0 amide bonds. The van der Waals surface area contributed by atoms with Crippen molar-refractivity contribution in [3.05, 3.63) is 0 Å². The van der Waals surface area contributed by atoms with Gasteiger partial charge in [0.2, 0.25) is 0 Å². The van der Waals surface area contributed by atoms with Crippen LogP contribution in [0, 0.1) is 17.8 Å². The van der Waals surface area contributed by atoms with Crippen LogP contribution in [0.4, 0.5) is 0 Å². The van der Waals surface area contributed by atoms with Gasteiger partial charge in [-0.1, -0.05) is 32.6 Å². The minimum atomic E-state index is 1.05. The molecule has 0 heteroatoms. The zero-order valence-corrected chi connectivity index (χ0v) is 6.97. The molecule has 3 fully saturated rings. The maximum absolute atomic E-state index is 2.46. The maximum Gasteiger partial charge on any atom is -0.0388 e. The largest absolute Gasteiger partial charge is 0.0622 e. The number of hydrogen-bond acceptors (Lipinski definition) is 0. The molecule has 2 bridgehead atoms. The van der Waals surface area contributed by atoms with Crippen molar-refractivity contribution in [1.82, 2.24) is 0 Å².